The van der Waals surface area contributed by atoms with E-state index in [4.69, 9.17) is 5.11 Å². The number of benzene rings is 2. The average molecular weight is 255 g/mol. The normalized spacial score (nSPS) is 10.5. The smallest absolute Gasteiger partial charge is 0.0681 e. The van der Waals surface area contributed by atoms with Gasteiger partial charge in [0.05, 0.1) is 6.61 Å². The van der Waals surface area contributed by atoms with Gasteiger partial charge in [0.2, 0.25) is 0 Å². The number of aryl methyl sites for hydroxylation is 2. The van der Waals surface area contributed by atoms with E-state index in [1.54, 1.807) is 0 Å². The van der Waals surface area contributed by atoms with Crippen LogP contribution in [0.15, 0.2) is 42.5 Å². The fourth-order valence-electron chi connectivity index (χ4n) is 2.41. The molecule has 0 saturated heterocycles. The monoisotopic (exact) mass is 255 g/mol. The summed E-state index contributed by atoms with van der Waals surface area (Å²) >= 11 is 0. The van der Waals surface area contributed by atoms with Crippen LogP contribution in [0.3, 0.4) is 0 Å². The van der Waals surface area contributed by atoms with E-state index in [1.807, 2.05) is 12.1 Å². The number of anilines is 1. The van der Waals surface area contributed by atoms with Gasteiger partial charge in [0, 0.05) is 19.3 Å². The van der Waals surface area contributed by atoms with Crippen LogP contribution in [-0.2, 0) is 13.2 Å². The molecular formula is C17H21NO. The molecule has 0 radical (unpaired) electrons. The van der Waals surface area contributed by atoms with Gasteiger partial charge in [-0.2, -0.15) is 0 Å². The van der Waals surface area contributed by atoms with Crippen LogP contribution in [0.5, 0.6) is 0 Å². The van der Waals surface area contributed by atoms with Crippen LogP contribution in [0, 0.1) is 13.8 Å². The van der Waals surface area contributed by atoms with Crippen LogP contribution in [-0.4, -0.2) is 12.2 Å². The topological polar surface area (TPSA) is 23.5 Å². The summed E-state index contributed by atoms with van der Waals surface area (Å²) in [5, 5.41) is 9.14. The van der Waals surface area contributed by atoms with Crippen LogP contribution >= 0.6 is 0 Å². The van der Waals surface area contributed by atoms with Crippen molar-refractivity contribution in [3.8, 4) is 0 Å². The maximum Gasteiger partial charge on any atom is 0.0681 e. The third-order valence-electron chi connectivity index (χ3n) is 3.36. The van der Waals surface area contributed by atoms with Gasteiger partial charge in [-0.25, -0.2) is 0 Å². The molecule has 0 atom stereocenters. The Kier molecular flexibility index (Phi) is 4.23. The van der Waals surface area contributed by atoms with E-state index in [1.165, 1.54) is 22.4 Å². The molecule has 2 heteroatoms. The Bertz CT molecular complexity index is 563. The summed E-state index contributed by atoms with van der Waals surface area (Å²) in [6, 6.07) is 14.7. The molecule has 0 aromatic heterocycles. The molecular weight excluding hydrogens is 234 g/mol. The number of hydrogen-bond donors (Lipinski definition) is 1. The Balaban J connectivity index is 2.18. The standard InChI is InChI=1S/C17H21NO/c1-13-5-4-6-15(9-13)11-18(3)17-8-7-16(12-19)10-14(17)2/h4-10,19H,11-12H2,1-3H3. The van der Waals surface area contributed by atoms with Crippen molar-refractivity contribution in [2.45, 2.75) is 27.0 Å². The van der Waals surface area contributed by atoms with Crippen molar-refractivity contribution in [1.29, 1.82) is 0 Å². The summed E-state index contributed by atoms with van der Waals surface area (Å²) in [6.45, 7) is 5.19. The van der Waals surface area contributed by atoms with Crippen molar-refractivity contribution in [3.63, 3.8) is 0 Å². The zero-order chi connectivity index (χ0) is 13.8. The zero-order valence-electron chi connectivity index (χ0n) is 11.9. The minimum Gasteiger partial charge on any atom is -0.392 e. The second-order valence-electron chi connectivity index (χ2n) is 5.12. The van der Waals surface area contributed by atoms with Gasteiger partial charge in [-0.15, -0.1) is 0 Å². The molecule has 0 fully saturated rings. The van der Waals surface area contributed by atoms with Gasteiger partial charge in [-0.3, -0.25) is 0 Å². The lowest BCUT2D eigenvalue weighted by molar-refractivity contribution is 0.282. The SMILES string of the molecule is Cc1cccc(CN(C)c2ccc(CO)cc2C)c1. The first-order valence-electron chi connectivity index (χ1n) is 6.57. The molecule has 100 valence electrons. The van der Waals surface area contributed by atoms with Crippen LogP contribution in [0.2, 0.25) is 0 Å². The van der Waals surface area contributed by atoms with E-state index in [9.17, 15) is 0 Å². The first kappa shape index (κ1) is 13.6. The van der Waals surface area contributed by atoms with E-state index in [0.717, 1.165) is 12.1 Å². The lowest BCUT2D eigenvalue weighted by Gasteiger charge is -2.22. The van der Waals surface area contributed by atoms with E-state index in [0.29, 0.717) is 0 Å². The quantitative estimate of drug-likeness (QED) is 0.904. The van der Waals surface area contributed by atoms with Crippen LogP contribution in [0.1, 0.15) is 22.3 Å². The number of aliphatic hydroxyl groups is 1. The fraction of sp³-hybridized carbons (Fsp3) is 0.294. The minimum absolute atomic E-state index is 0.0999. The van der Waals surface area contributed by atoms with Gasteiger partial charge in [0.15, 0.2) is 0 Å². The molecule has 0 aliphatic carbocycles. The van der Waals surface area contributed by atoms with Crippen molar-refractivity contribution in [1.82, 2.24) is 0 Å². The third-order valence-corrected chi connectivity index (χ3v) is 3.36. The van der Waals surface area contributed by atoms with Crippen LogP contribution < -0.4 is 4.90 Å². The second kappa shape index (κ2) is 5.89. The Labute approximate surface area is 115 Å². The molecule has 2 aromatic rings. The molecule has 0 aliphatic rings. The molecule has 0 amide bonds. The lowest BCUT2D eigenvalue weighted by atomic mass is 10.1. The molecule has 0 spiro atoms. The number of hydrogen-bond acceptors (Lipinski definition) is 2. The summed E-state index contributed by atoms with van der Waals surface area (Å²) < 4.78 is 0. The molecule has 2 rings (SSSR count). The molecule has 0 heterocycles. The number of rotatable bonds is 4. The van der Waals surface area contributed by atoms with Gasteiger partial charge in [0.25, 0.3) is 0 Å². The maximum absolute atomic E-state index is 9.14. The van der Waals surface area contributed by atoms with Crippen LogP contribution in [0.25, 0.3) is 0 Å². The Hall–Kier alpha value is -1.80. The van der Waals surface area contributed by atoms with Gasteiger partial charge >= 0.3 is 0 Å². The van der Waals surface area contributed by atoms with Crippen molar-refractivity contribution in [3.05, 3.63) is 64.7 Å². The van der Waals surface area contributed by atoms with Gasteiger partial charge in [0.1, 0.15) is 0 Å². The highest BCUT2D eigenvalue weighted by atomic mass is 16.3. The molecule has 19 heavy (non-hydrogen) atoms. The molecule has 0 aliphatic heterocycles. The first-order valence-corrected chi connectivity index (χ1v) is 6.57. The molecule has 2 nitrogen and oxygen atoms in total. The molecule has 1 N–H and O–H groups in total. The van der Waals surface area contributed by atoms with E-state index < -0.39 is 0 Å². The van der Waals surface area contributed by atoms with Gasteiger partial charge in [-0.1, -0.05) is 42.0 Å². The van der Waals surface area contributed by atoms with Crippen molar-refractivity contribution < 1.29 is 5.11 Å². The molecule has 0 saturated carbocycles. The molecule has 0 unspecified atom stereocenters. The van der Waals surface area contributed by atoms with Gasteiger partial charge in [-0.05, 0) is 36.6 Å². The van der Waals surface area contributed by atoms with Gasteiger partial charge < -0.3 is 10.0 Å². The largest absolute Gasteiger partial charge is 0.392 e. The summed E-state index contributed by atoms with van der Waals surface area (Å²) in [5.41, 5.74) is 5.97. The summed E-state index contributed by atoms with van der Waals surface area (Å²) in [5.74, 6) is 0. The number of aliphatic hydroxyl groups excluding tert-OH is 1. The number of nitrogens with zero attached hydrogens (tertiary/aromatic N) is 1. The summed E-state index contributed by atoms with van der Waals surface area (Å²) in [6.07, 6.45) is 0. The maximum atomic E-state index is 9.14. The van der Waals surface area contributed by atoms with E-state index >= 15 is 0 Å². The first-order chi connectivity index (χ1) is 9.10. The Morgan fingerprint density at radius 3 is 2.42 bits per heavy atom. The molecule has 2 aromatic carbocycles. The highest BCUT2D eigenvalue weighted by molar-refractivity contribution is 5.54. The molecule has 0 bridgehead atoms. The highest BCUT2D eigenvalue weighted by Crippen LogP contribution is 2.22. The Morgan fingerprint density at radius 1 is 1.00 bits per heavy atom. The predicted octanol–water partition coefficient (Wildman–Crippen LogP) is 3.43. The minimum atomic E-state index is 0.0999. The van der Waals surface area contributed by atoms with Crippen molar-refractivity contribution in [2.24, 2.45) is 0 Å². The second-order valence-corrected chi connectivity index (χ2v) is 5.12. The van der Waals surface area contributed by atoms with E-state index in [2.05, 4.69) is 56.1 Å². The summed E-state index contributed by atoms with van der Waals surface area (Å²) in [7, 11) is 2.10. The fourth-order valence-corrected chi connectivity index (χ4v) is 2.41. The highest BCUT2D eigenvalue weighted by Gasteiger charge is 2.06. The Morgan fingerprint density at radius 2 is 1.79 bits per heavy atom. The predicted molar refractivity (Wildman–Crippen MR) is 80.4 cm³/mol. The van der Waals surface area contributed by atoms with Crippen molar-refractivity contribution >= 4 is 5.69 Å². The van der Waals surface area contributed by atoms with E-state index in [-0.39, 0.29) is 6.61 Å². The van der Waals surface area contributed by atoms with Crippen molar-refractivity contribution in [2.75, 3.05) is 11.9 Å². The third kappa shape index (κ3) is 3.36. The lowest BCUT2D eigenvalue weighted by Crippen LogP contribution is -2.17. The zero-order valence-corrected chi connectivity index (χ0v) is 11.9. The average Bonchev–Trinajstić information content (AvgIpc) is 2.38. The van der Waals surface area contributed by atoms with Crippen LogP contribution in [0.4, 0.5) is 5.69 Å². The summed E-state index contributed by atoms with van der Waals surface area (Å²) in [4.78, 5) is 2.24.